The van der Waals surface area contributed by atoms with Crippen LogP contribution in [0.25, 0.3) is 0 Å². The van der Waals surface area contributed by atoms with E-state index in [2.05, 4.69) is 23.5 Å². The van der Waals surface area contributed by atoms with Gasteiger partial charge in [-0.3, -0.25) is 14.1 Å². The number of benzene rings is 2. The molecule has 34 heavy (non-hydrogen) atoms. The van der Waals surface area contributed by atoms with E-state index >= 15 is 0 Å². The number of likely N-dealkylation sites (tertiary alicyclic amines) is 1. The summed E-state index contributed by atoms with van der Waals surface area (Å²) in [4.78, 5) is 27.5. The van der Waals surface area contributed by atoms with Crippen molar-refractivity contribution in [2.75, 3.05) is 19.3 Å². The number of rotatable bonds is 5. The van der Waals surface area contributed by atoms with Crippen LogP contribution < -0.4 is 34.9 Å². The standard InChI is InChI=1S/C23H26ClN2O2.CH4O3S.Na/c1-16(2)21(25-22(27)19-6-4-3-5-7-19)23(28)26-14-12-18(13-15-26)17-8-10-20(24)11-9-17;1-5(2,3)4;/h3-4,6-11,16,18,21H,12-15H2,1-2H3,(H,25,27);1H3,(H,2,3,4);/q-1;;+1/t21-;;/m1../s1. The van der Waals surface area contributed by atoms with Crippen LogP contribution in [0.15, 0.2) is 48.5 Å². The van der Waals surface area contributed by atoms with E-state index in [4.69, 9.17) is 16.2 Å². The van der Waals surface area contributed by atoms with E-state index in [1.54, 1.807) is 24.3 Å². The minimum Gasteiger partial charge on any atom is -0.350 e. The van der Waals surface area contributed by atoms with E-state index < -0.39 is 16.2 Å². The van der Waals surface area contributed by atoms with E-state index in [0.717, 1.165) is 17.9 Å². The van der Waals surface area contributed by atoms with Gasteiger partial charge in [0.25, 0.3) is 10.1 Å². The number of nitrogens with zero attached hydrogens (tertiary/aromatic N) is 1. The molecular formula is C24H30ClN2NaO5S. The van der Waals surface area contributed by atoms with Crippen molar-refractivity contribution in [1.82, 2.24) is 10.2 Å². The molecule has 2 aromatic rings. The molecule has 7 nitrogen and oxygen atoms in total. The molecule has 1 fully saturated rings. The van der Waals surface area contributed by atoms with Gasteiger partial charge in [-0.1, -0.05) is 43.1 Å². The van der Waals surface area contributed by atoms with Gasteiger partial charge in [0.1, 0.15) is 6.04 Å². The number of carbonyl (C=O) groups excluding carboxylic acids is 2. The summed E-state index contributed by atoms with van der Waals surface area (Å²) >= 11 is 5.98. The van der Waals surface area contributed by atoms with Crippen molar-refractivity contribution in [1.29, 1.82) is 0 Å². The first-order chi connectivity index (χ1) is 15.5. The summed E-state index contributed by atoms with van der Waals surface area (Å²) < 4.78 is 25.9. The molecule has 180 valence electrons. The quantitative estimate of drug-likeness (QED) is 0.348. The van der Waals surface area contributed by atoms with Crippen LogP contribution in [0.3, 0.4) is 0 Å². The maximum atomic E-state index is 13.1. The Morgan fingerprint density at radius 3 is 2.18 bits per heavy atom. The molecule has 1 aliphatic heterocycles. The number of halogens is 1. The van der Waals surface area contributed by atoms with Crippen LogP contribution in [0.5, 0.6) is 0 Å². The Labute approximate surface area is 229 Å². The van der Waals surface area contributed by atoms with Gasteiger partial charge in [0.2, 0.25) is 5.91 Å². The molecular weight excluding hydrogens is 487 g/mol. The van der Waals surface area contributed by atoms with Crippen molar-refractivity contribution in [2.24, 2.45) is 5.92 Å². The van der Waals surface area contributed by atoms with Crippen molar-refractivity contribution in [3.8, 4) is 0 Å². The van der Waals surface area contributed by atoms with Gasteiger partial charge in [0.05, 0.1) is 6.26 Å². The summed E-state index contributed by atoms with van der Waals surface area (Å²) in [6, 6.07) is 17.2. The third-order valence-corrected chi connectivity index (χ3v) is 5.59. The number of amides is 2. The maximum absolute atomic E-state index is 13.1. The summed E-state index contributed by atoms with van der Waals surface area (Å²) in [6.07, 6.45) is 2.55. The van der Waals surface area contributed by atoms with Gasteiger partial charge in [-0.25, -0.2) is 0 Å². The monoisotopic (exact) mass is 516 g/mol. The van der Waals surface area contributed by atoms with Gasteiger partial charge in [0.15, 0.2) is 5.91 Å². The number of nitrogens with one attached hydrogen (secondary N) is 1. The Kier molecular flexibility index (Phi) is 12.8. The van der Waals surface area contributed by atoms with Gasteiger partial charge < -0.3 is 10.2 Å². The van der Waals surface area contributed by atoms with Crippen LogP contribution in [0.4, 0.5) is 0 Å². The second-order valence-electron chi connectivity index (χ2n) is 8.37. The first-order valence-electron chi connectivity index (χ1n) is 10.7. The van der Waals surface area contributed by atoms with E-state index in [9.17, 15) is 18.0 Å². The van der Waals surface area contributed by atoms with Crippen molar-refractivity contribution in [3.63, 3.8) is 0 Å². The molecule has 0 unspecified atom stereocenters. The van der Waals surface area contributed by atoms with E-state index in [1.807, 2.05) is 30.9 Å². The first-order valence-corrected chi connectivity index (χ1v) is 12.9. The molecule has 0 radical (unpaired) electrons. The molecule has 3 rings (SSSR count). The van der Waals surface area contributed by atoms with E-state index in [-0.39, 0.29) is 47.3 Å². The van der Waals surface area contributed by atoms with Crippen molar-refractivity contribution >= 4 is 33.5 Å². The number of hydrogen-bond donors (Lipinski definition) is 2. The third kappa shape index (κ3) is 10.5. The summed E-state index contributed by atoms with van der Waals surface area (Å²) in [5, 5.41) is 3.65. The Balaban J connectivity index is 0.000000873. The van der Waals surface area contributed by atoms with Gasteiger partial charge in [-0.15, -0.1) is 0 Å². The molecule has 2 N–H and O–H groups in total. The van der Waals surface area contributed by atoms with Crippen molar-refractivity contribution < 1.29 is 52.1 Å². The van der Waals surface area contributed by atoms with Crippen LogP contribution in [-0.2, 0) is 14.9 Å². The van der Waals surface area contributed by atoms with Gasteiger partial charge >= 0.3 is 29.6 Å². The summed E-state index contributed by atoms with van der Waals surface area (Å²) in [7, 11) is -3.67. The predicted octanol–water partition coefficient (Wildman–Crippen LogP) is 0.809. The van der Waals surface area contributed by atoms with Crippen molar-refractivity contribution in [2.45, 2.75) is 38.6 Å². The van der Waals surface area contributed by atoms with Crippen LogP contribution in [0.2, 0.25) is 5.02 Å². The molecule has 2 aromatic carbocycles. The fourth-order valence-electron chi connectivity index (χ4n) is 3.64. The number of piperidine rings is 1. The molecule has 1 atom stereocenters. The molecule has 0 aliphatic carbocycles. The fraction of sp³-hybridized carbons (Fsp3) is 0.417. The van der Waals surface area contributed by atoms with Gasteiger partial charge in [-0.2, -0.15) is 38.7 Å². The smallest absolute Gasteiger partial charge is 0.350 e. The van der Waals surface area contributed by atoms with E-state index in [1.165, 1.54) is 5.56 Å². The Morgan fingerprint density at radius 1 is 1.15 bits per heavy atom. The zero-order valence-electron chi connectivity index (χ0n) is 20.0. The minimum atomic E-state index is -3.67. The SMILES string of the molecule is CC(C)[C@@H](NC(=O)c1c[c-]ccc1)C(=O)N1CCC(c2ccc(Cl)cc2)CC1.CS(=O)(=O)O.[Na+]. The van der Waals surface area contributed by atoms with Crippen molar-refractivity contribution in [3.05, 3.63) is 70.7 Å². The zero-order chi connectivity index (χ0) is 24.6. The fourth-order valence-corrected chi connectivity index (χ4v) is 3.76. The molecule has 2 amide bonds. The third-order valence-electron chi connectivity index (χ3n) is 5.34. The zero-order valence-corrected chi connectivity index (χ0v) is 23.6. The Morgan fingerprint density at radius 2 is 1.71 bits per heavy atom. The minimum absolute atomic E-state index is 0. The molecule has 0 aromatic heterocycles. The molecule has 1 saturated heterocycles. The molecule has 1 heterocycles. The summed E-state index contributed by atoms with van der Waals surface area (Å²) in [5.41, 5.74) is 1.79. The Bertz CT molecular complexity index is 1020. The molecule has 0 spiro atoms. The van der Waals surface area contributed by atoms with Crippen LogP contribution in [0, 0.1) is 12.0 Å². The maximum Gasteiger partial charge on any atom is 1.00 e. The summed E-state index contributed by atoms with van der Waals surface area (Å²) in [6.45, 7) is 5.31. The molecule has 10 heteroatoms. The largest absolute Gasteiger partial charge is 1.00 e. The van der Waals surface area contributed by atoms with Crippen LogP contribution in [0.1, 0.15) is 48.5 Å². The van der Waals surface area contributed by atoms with Gasteiger partial charge in [0, 0.05) is 18.1 Å². The average molecular weight is 517 g/mol. The van der Waals surface area contributed by atoms with Crippen LogP contribution in [-0.4, -0.2) is 55.1 Å². The topological polar surface area (TPSA) is 104 Å². The second-order valence-corrected chi connectivity index (χ2v) is 10.3. The molecule has 0 saturated carbocycles. The van der Waals surface area contributed by atoms with Gasteiger partial charge in [-0.05, 0) is 42.4 Å². The normalized spacial score (nSPS) is 14.9. The van der Waals surface area contributed by atoms with E-state index in [0.29, 0.717) is 30.8 Å². The number of carbonyl (C=O) groups is 2. The predicted molar refractivity (Wildman–Crippen MR) is 129 cm³/mol. The number of hydrogen-bond acceptors (Lipinski definition) is 4. The summed E-state index contributed by atoms with van der Waals surface area (Å²) in [5.74, 6) is 0.212. The molecule has 1 aliphatic rings. The van der Waals surface area contributed by atoms with Crippen LogP contribution >= 0.6 is 11.6 Å². The second kappa shape index (κ2) is 14.2. The average Bonchev–Trinajstić information content (AvgIpc) is 2.77. The molecule has 0 bridgehead atoms. The Hall–Kier alpha value is -1.42. The first kappa shape index (κ1) is 30.6.